The van der Waals surface area contributed by atoms with E-state index in [1.807, 2.05) is 12.1 Å². The molecule has 1 fully saturated rings. The van der Waals surface area contributed by atoms with E-state index in [1.165, 1.54) is 24.8 Å². The van der Waals surface area contributed by atoms with Gasteiger partial charge < -0.3 is 4.74 Å². The van der Waals surface area contributed by atoms with E-state index >= 15 is 0 Å². The van der Waals surface area contributed by atoms with Crippen molar-refractivity contribution in [1.82, 2.24) is 0 Å². The van der Waals surface area contributed by atoms with Crippen LogP contribution in [0.1, 0.15) is 30.7 Å². The van der Waals surface area contributed by atoms with E-state index in [4.69, 9.17) is 16.3 Å². The molecule has 0 amide bonds. The number of ether oxygens (including phenoxy) is 1. The third kappa shape index (κ3) is 1.66. The zero-order valence-corrected chi connectivity index (χ0v) is 11.2. The Morgan fingerprint density at radius 2 is 2.20 bits per heavy atom. The minimum atomic E-state index is 0.382. The second kappa shape index (κ2) is 3.81. The molecule has 15 heavy (non-hydrogen) atoms. The molecule has 3 heteroatoms. The summed E-state index contributed by atoms with van der Waals surface area (Å²) in [6.07, 6.45) is 4.22. The van der Waals surface area contributed by atoms with Crippen LogP contribution in [0.25, 0.3) is 0 Å². The van der Waals surface area contributed by atoms with E-state index < -0.39 is 0 Å². The zero-order chi connectivity index (χ0) is 10.4. The number of fused-ring (bicyclic) bond motifs is 3. The van der Waals surface area contributed by atoms with Crippen molar-refractivity contribution in [2.75, 3.05) is 0 Å². The molecule has 1 heterocycles. The molecule has 3 rings (SSSR count). The van der Waals surface area contributed by atoms with Gasteiger partial charge in [0.05, 0.1) is 0 Å². The Hall–Kier alpha value is 0.0400. The van der Waals surface area contributed by atoms with Crippen LogP contribution < -0.4 is 4.74 Å². The fourth-order valence-electron chi connectivity index (χ4n) is 2.66. The van der Waals surface area contributed by atoms with E-state index in [0.29, 0.717) is 15.9 Å². The lowest BCUT2D eigenvalue weighted by molar-refractivity contribution is 0.176. The summed E-state index contributed by atoms with van der Waals surface area (Å²) in [6.45, 7) is 0. The number of benzene rings is 1. The van der Waals surface area contributed by atoms with Crippen LogP contribution in [0.3, 0.4) is 0 Å². The Labute approximate surface area is 108 Å². The van der Waals surface area contributed by atoms with Crippen LogP contribution in [0.5, 0.6) is 5.75 Å². The number of rotatable bonds is 0. The van der Waals surface area contributed by atoms with Crippen LogP contribution in [-0.2, 0) is 0 Å². The van der Waals surface area contributed by atoms with E-state index in [-0.39, 0.29) is 0 Å². The Bertz CT molecular complexity index is 393. The van der Waals surface area contributed by atoms with Crippen molar-refractivity contribution >= 4 is 34.2 Å². The minimum Gasteiger partial charge on any atom is -0.488 e. The maximum Gasteiger partial charge on any atom is 0.123 e. The Morgan fingerprint density at radius 1 is 1.33 bits per heavy atom. The average Bonchev–Trinajstić information content (AvgIpc) is 2.58. The molecule has 1 aliphatic carbocycles. The number of hydrogen-bond acceptors (Lipinski definition) is 1. The lowest BCUT2D eigenvalue weighted by atomic mass is 9.83. The van der Waals surface area contributed by atoms with Crippen molar-refractivity contribution in [2.45, 2.75) is 35.2 Å². The Balaban J connectivity index is 2.01. The van der Waals surface area contributed by atoms with Gasteiger partial charge in [-0.3, -0.25) is 0 Å². The van der Waals surface area contributed by atoms with Gasteiger partial charge in [0, 0.05) is 20.4 Å². The van der Waals surface area contributed by atoms with Crippen LogP contribution in [0.15, 0.2) is 18.2 Å². The number of halogens is 2. The summed E-state index contributed by atoms with van der Waals surface area (Å²) in [6, 6.07) is 6.01. The highest BCUT2D eigenvalue weighted by Crippen LogP contribution is 2.48. The first-order valence-corrected chi connectivity index (χ1v) is 6.98. The molecule has 0 radical (unpaired) electrons. The van der Waals surface area contributed by atoms with E-state index in [9.17, 15) is 0 Å². The zero-order valence-electron chi connectivity index (χ0n) is 8.25. The summed E-state index contributed by atoms with van der Waals surface area (Å²) in [7, 11) is 0. The fourth-order valence-corrected chi connectivity index (χ4v) is 3.93. The van der Waals surface area contributed by atoms with Gasteiger partial charge >= 0.3 is 0 Å². The molecule has 2 aliphatic rings. The molecule has 80 valence electrons. The first-order valence-electron chi connectivity index (χ1n) is 5.36. The lowest BCUT2D eigenvalue weighted by Gasteiger charge is -2.28. The Morgan fingerprint density at radius 3 is 3.07 bits per heavy atom. The van der Waals surface area contributed by atoms with Gasteiger partial charge in [-0.2, -0.15) is 0 Å². The predicted molar refractivity (Wildman–Crippen MR) is 70.3 cm³/mol. The van der Waals surface area contributed by atoms with Crippen molar-refractivity contribution in [3.05, 3.63) is 28.8 Å². The molecule has 0 N–H and O–H groups in total. The molecule has 0 aromatic heterocycles. The SMILES string of the molecule is Clc1ccc2c(c1)C1CCCC(I)C1O2. The molecule has 1 nitrogen and oxygen atoms in total. The topological polar surface area (TPSA) is 9.23 Å². The third-order valence-electron chi connectivity index (χ3n) is 3.38. The molecule has 0 spiro atoms. The highest BCUT2D eigenvalue weighted by molar-refractivity contribution is 14.1. The Kier molecular flexibility index (Phi) is 2.59. The molecular formula is C12H12ClIO. The van der Waals surface area contributed by atoms with Gasteiger partial charge in [-0.05, 0) is 31.0 Å². The maximum absolute atomic E-state index is 6.03. The molecule has 0 saturated heterocycles. The van der Waals surface area contributed by atoms with Crippen LogP contribution in [-0.4, -0.2) is 10.0 Å². The summed E-state index contributed by atoms with van der Waals surface area (Å²) in [5.41, 5.74) is 1.33. The summed E-state index contributed by atoms with van der Waals surface area (Å²) in [4.78, 5) is 0. The van der Waals surface area contributed by atoms with Crippen molar-refractivity contribution in [2.24, 2.45) is 0 Å². The second-order valence-corrected chi connectivity index (χ2v) is 6.35. The molecule has 1 aromatic rings. The summed E-state index contributed by atoms with van der Waals surface area (Å²) < 4.78 is 6.66. The van der Waals surface area contributed by atoms with Gasteiger partial charge in [0.1, 0.15) is 11.9 Å². The minimum absolute atomic E-state index is 0.382. The van der Waals surface area contributed by atoms with Gasteiger partial charge in [0.25, 0.3) is 0 Å². The largest absolute Gasteiger partial charge is 0.488 e. The normalized spacial score (nSPS) is 33.1. The quantitative estimate of drug-likeness (QED) is 0.511. The van der Waals surface area contributed by atoms with Crippen molar-refractivity contribution < 1.29 is 4.74 Å². The van der Waals surface area contributed by atoms with Gasteiger partial charge in [-0.25, -0.2) is 0 Å². The van der Waals surface area contributed by atoms with Gasteiger partial charge in [0.15, 0.2) is 0 Å². The monoisotopic (exact) mass is 334 g/mol. The summed E-state index contributed by atoms with van der Waals surface area (Å²) in [5, 5.41) is 0.827. The van der Waals surface area contributed by atoms with Crippen molar-refractivity contribution in [3.8, 4) is 5.75 Å². The van der Waals surface area contributed by atoms with Crippen LogP contribution in [0.2, 0.25) is 5.02 Å². The third-order valence-corrected chi connectivity index (χ3v) is 4.95. The second-order valence-electron chi connectivity index (χ2n) is 4.32. The smallest absolute Gasteiger partial charge is 0.123 e. The first-order chi connectivity index (χ1) is 7.25. The average molecular weight is 335 g/mol. The van der Waals surface area contributed by atoms with Gasteiger partial charge in [-0.1, -0.05) is 40.6 Å². The standard InChI is InChI=1S/C12H12ClIO/c13-7-4-5-11-9(6-7)8-2-1-3-10(14)12(8)15-11/h4-6,8,10,12H,1-3H2. The first kappa shape index (κ1) is 10.2. The summed E-state index contributed by atoms with van der Waals surface area (Å²) in [5.74, 6) is 1.63. The molecule has 0 bridgehead atoms. The predicted octanol–water partition coefficient (Wildman–Crippen LogP) is 4.17. The maximum atomic E-state index is 6.03. The molecule has 3 atom stereocenters. The molecular weight excluding hydrogens is 322 g/mol. The molecule has 1 aromatic carbocycles. The molecule has 1 saturated carbocycles. The van der Waals surface area contributed by atoms with Crippen LogP contribution in [0, 0.1) is 0 Å². The van der Waals surface area contributed by atoms with E-state index in [0.717, 1.165) is 10.8 Å². The van der Waals surface area contributed by atoms with E-state index in [1.54, 1.807) is 0 Å². The van der Waals surface area contributed by atoms with Crippen LogP contribution in [0.4, 0.5) is 0 Å². The summed E-state index contributed by atoms with van der Waals surface area (Å²) >= 11 is 8.56. The fraction of sp³-hybridized carbons (Fsp3) is 0.500. The highest BCUT2D eigenvalue weighted by atomic mass is 127. The van der Waals surface area contributed by atoms with Gasteiger partial charge in [-0.15, -0.1) is 0 Å². The highest BCUT2D eigenvalue weighted by Gasteiger charge is 2.40. The van der Waals surface area contributed by atoms with Crippen LogP contribution >= 0.6 is 34.2 Å². The van der Waals surface area contributed by atoms with Crippen molar-refractivity contribution in [1.29, 1.82) is 0 Å². The molecule has 1 aliphatic heterocycles. The lowest BCUT2D eigenvalue weighted by Crippen LogP contribution is -2.32. The van der Waals surface area contributed by atoms with Crippen molar-refractivity contribution in [3.63, 3.8) is 0 Å². The van der Waals surface area contributed by atoms with E-state index in [2.05, 4.69) is 28.7 Å². The van der Waals surface area contributed by atoms with Gasteiger partial charge in [0.2, 0.25) is 0 Å². The number of hydrogen-bond donors (Lipinski definition) is 0. The molecule has 3 unspecified atom stereocenters. The number of alkyl halides is 1.